The minimum atomic E-state index is -0.343. The Labute approximate surface area is 120 Å². The summed E-state index contributed by atoms with van der Waals surface area (Å²) < 4.78 is 26.0. The van der Waals surface area contributed by atoms with Crippen LogP contribution in [0.4, 0.5) is 14.5 Å². The van der Waals surface area contributed by atoms with Crippen LogP contribution in [0.5, 0.6) is 0 Å². The van der Waals surface area contributed by atoms with Crippen LogP contribution in [0.3, 0.4) is 0 Å². The van der Waals surface area contributed by atoms with Crippen molar-refractivity contribution in [1.82, 2.24) is 11.0 Å². The summed E-state index contributed by atoms with van der Waals surface area (Å²) in [6.45, 7) is 0. The van der Waals surface area contributed by atoms with E-state index in [1.165, 1.54) is 29.3 Å². The summed E-state index contributed by atoms with van der Waals surface area (Å²) in [5.74, 6) is -0.500. The van der Waals surface area contributed by atoms with Crippen molar-refractivity contribution in [2.75, 3.05) is 5.01 Å². The van der Waals surface area contributed by atoms with Crippen molar-refractivity contribution in [1.29, 1.82) is 5.41 Å². The minimum absolute atomic E-state index is 0.173. The molecule has 0 aliphatic carbocycles. The van der Waals surface area contributed by atoms with Crippen molar-refractivity contribution < 1.29 is 8.78 Å². The van der Waals surface area contributed by atoms with Crippen LogP contribution in [0.1, 0.15) is 5.56 Å². The zero-order valence-corrected chi connectivity index (χ0v) is 10.9. The maximum atomic E-state index is 13.0. The third-order valence-electron chi connectivity index (χ3n) is 3.11. The molecule has 1 aliphatic rings. The fourth-order valence-corrected chi connectivity index (χ4v) is 2.05. The van der Waals surface area contributed by atoms with Crippen LogP contribution in [0, 0.1) is 17.0 Å². The predicted molar refractivity (Wildman–Crippen MR) is 77.3 cm³/mol. The smallest absolute Gasteiger partial charge is 0.150 e. The Balaban J connectivity index is 1.91. The summed E-state index contributed by atoms with van der Waals surface area (Å²) in [4.78, 5) is 0. The number of hydrogen-bond donors (Lipinski definition) is 3. The van der Waals surface area contributed by atoms with Crippen molar-refractivity contribution in [3.05, 3.63) is 71.9 Å². The van der Waals surface area contributed by atoms with Gasteiger partial charge < -0.3 is 5.43 Å². The summed E-state index contributed by atoms with van der Waals surface area (Å²) in [5, 5.41) is 9.72. The van der Waals surface area contributed by atoms with E-state index in [0.717, 1.165) is 0 Å². The molecule has 0 fully saturated rings. The first kappa shape index (κ1) is 13.3. The Morgan fingerprint density at radius 3 is 2.05 bits per heavy atom. The number of rotatable bonds is 2. The lowest BCUT2D eigenvalue weighted by atomic mass is 10.0. The van der Waals surface area contributed by atoms with Gasteiger partial charge in [0.25, 0.3) is 0 Å². The Bertz CT molecular complexity index is 693. The maximum absolute atomic E-state index is 13.0. The molecule has 2 aromatic carbocycles. The molecule has 0 saturated heterocycles. The number of nitrogens with one attached hydrogen (secondary N) is 3. The van der Waals surface area contributed by atoms with Gasteiger partial charge >= 0.3 is 0 Å². The first-order chi connectivity index (χ1) is 10.1. The van der Waals surface area contributed by atoms with E-state index in [2.05, 4.69) is 11.0 Å². The van der Waals surface area contributed by atoms with Gasteiger partial charge in [0.15, 0.2) is 5.84 Å². The van der Waals surface area contributed by atoms with Gasteiger partial charge in [0.2, 0.25) is 0 Å². The van der Waals surface area contributed by atoms with Crippen LogP contribution in [0.15, 0.2) is 54.7 Å². The van der Waals surface area contributed by atoms with Crippen LogP contribution in [-0.2, 0) is 0 Å². The lowest BCUT2D eigenvalue weighted by Gasteiger charge is -2.30. The molecule has 2 aromatic rings. The zero-order chi connectivity index (χ0) is 14.8. The Kier molecular flexibility index (Phi) is 3.37. The highest BCUT2D eigenvalue weighted by atomic mass is 19.1. The highest BCUT2D eigenvalue weighted by molar-refractivity contribution is 6.27. The van der Waals surface area contributed by atoms with Crippen LogP contribution in [0.2, 0.25) is 0 Å². The predicted octanol–water partition coefficient (Wildman–Crippen LogP) is 2.81. The lowest BCUT2D eigenvalue weighted by Crippen LogP contribution is -2.52. The number of hydrogen-bond acceptors (Lipinski definition) is 3. The van der Waals surface area contributed by atoms with E-state index in [9.17, 15) is 8.78 Å². The number of halogens is 2. The van der Waals surface area contributed by atoms with Crippen LogP contribution < -0.4 is 16.0 Å². The van der Waals surface area contributed by atoms with Gasteiger partial charge in [-0.15, -0.1) is 5.53 Å². The van der Waals surface area contributed by atoms with Gasteiger partial charge in [-0.05, 0) is 42.0 Å². The third kappa shape index (κ3) is 2.61. The molecule has 1 heterocycles. The normalized spacial score (nSPS) is 14.7. The highest BCUT2D eigenvalue weighted by Gasteiger charge is 2.21. The molecule has 3 rings (SSSR count). The Hall–Kier alpha value is -2.73. The van der Waals surface area contributed by atoms with Crippen molar-refractivity contribution in [3.8, 4) is 0 Å². The second-order valence-corrected chi connectivity index (χ2v) is 4.48. The van der Waals surface area contributed by atoms with Gasteiger partial charge in [-0.2, -0.15) is 0 Å². The average Bonchev–Trinajstić information content (AvgIpc) is 2.50. The van der Waals surface area contributed by atoms with Crippen molar-refractivity contribution in [2.45, 2.75) is 0 Å². The molecule has 0 saturated carbocycles. The molecule has 6 heteroatoms. The summed E-state index contributed by atoms with van der Waals surface area (Å²) in [6.07, 6.45) is 1.62. The fourth-order valence-electron chi connectivity index (χ4n) is 2.05. The largest absolute Gasteiger partial charge is 0.310 e. The van der Waals surface area contributed by atoms with Gasteiger partial charge in [0.05, 0.1) is 5.69 Å². The first-order valence-corrected chi connectivity index (χ1v) is 6.27. The van der Waals surface area contributed by atoms with E-state index in [0.29, 0.717) is 16.8 Å². The zero-order valence-electron chi connectivity index (χ0n) is 10.9. The lowest BCUT2D eigenvalue weighted by molar-refractivity contribution is 0.623. The van der Waals surface area contributed by atoms with Crippen molar-refractivity contribution in [2.24, 2.45) is 0 Å². The van der Waals surface area contributed by atoms with E-state index in [4.69, 9.17) is 5.41 Å². The molecule has 0 atom stereocenters. The number of nitrogens with zero attached hydrogens (tertiary/aromatic N) is 1. The monoisotopic (exact) mass is 286 g/mol. The summed E-state index contributed by atoms with van der Waals surface area (Å²) >= 11 is 0. The number of amidine groups is 1. The van der Waals surface area contributed by atoms with E-state index in [-0.39, 0.29) is 17.5 Å². The van der Waals surface area contributed by atoms with Crippen molar-refractivity contribution in [3.63, 3.8) is 0 Å². The second kappa shape index (κ2) is 5.34. The van der Waals surface area contributed by atoms with Gasteiger partial charge in [-0.3, -0.25) is 5.41 Å². The topological polar surface area (TPSA) is 51.2 Å². The van der Waals surface area contributed by atoms with Crippen LogP contribution in [0.25, 0.3) is 5.57 Å². The van der Waals surface area contributed by atoms with Gasteiger partial charge in [-0.1, -0.05) is 12.1 Å². The molecule has 0 spiro atoms. The van der Waals surface area contributed by atoms with Gasteiger partial charge in [-0.25, -0.2) is 13.8 Å². The van der Waals surface area contributed by atoms with Crippen LogP contribution in [-0.4, -0.2) is 5.84 Å². The second-order valence-electron chi connectivity index (χ2n) is 4.48. The van der Waals surface area contributed by atoms with Gasteiger partial charge in [0.1, 0.15) is 11.6 Å². The fraction of sp³-hybridized carbons (Fsp3) is 0. The molecule has 0 bridgehead atoms. The minimum Gasteiger partial charge on any atom is -0.310 e. The molecular formula is C15H12F2N4. The maximum Gasteiger partial charge on any atom is 0.150 e. The summed E-state index contributed by atoms with van der Waals surface area (Å²) in [6, 6.07) is 11.7. The SMILES string of the molecule is N=C1C(c2ccc(F)cc2)=CNNN1c1ccc(F)cc1. The molecule has 1 aliphatic heterocycles. The quantitative estimate of drug-likeness (QED) is 0.795. The van der Waals surface area contributed by atoms with E-state index in [1.807, 2.05) is 0 Å². The molecular weight excluding hydrogens is 274 g/mol. The molecule has 0 radical (unpaired) electrons. The molecule has 3 N–H and O–H groups in total. The molecule has 4 nitrogen and oxygen atoms in total. The molecule has 0 unspecified atom stereocenters. The summed E-state index contributed by atoms with van der Waals surface area (Å²) in [5.41, 5.74) is 7.55. The molecule has 21 heavy (non-hydrogen) atoms. The Morgan fingerprint density at radius 1 is 0.857 bits per heavy atom. The van der Waals surface area contributed by atoms with Crippen LogP contribution >= 0.6 is 0 Å². The number of anilines is 1. The standard InChI is InChI=1S/C15H12F2N4/c16-11-3-1-10(2-4-11)14-9-19-20-21(15(14)18)13-7-5-12(17)6-8-13/h1-9,18-20H. The third-order valence-corrected chi connectivity index (χ3v) is 3.11. The first-order valence-electron chi connectivity index (χ1n) is 6.27. The summed E-state index contributed by atoms with van der Waals surface area (Å²) in [7, 11) is 0. The molecule has 106 valence electrons. The average molecular weight is 286 g/mol. The Morgan fingerprint density at radius 2 is 1.43 bits per heavy atom. The number of hydrazine groups is 2. The van der Waals surface area contributed by atoms with Gasteiger partial charge in [0, 0.05) is 11.8 Å². The van der Waals surface area contributed by atoms with Crippen molar-refractivity contribution >= 4 is 17.1 Å². The number of benzene rings is 2. The van der Waals surface area contributed by atoms with E-state index < -0.39 is 0 Å². The molecule has 0 amide bonds. The molecule has 0 aromatic heterocycles. The van der Waals surface area contributed by atoms with E-state index in [1.54, 1.807) is 30.5 Å². The highest BCUT2D eigenvalue weighted by Crippen LogP contribution is 2.23. The van der Waals surface area contributed by atoms with E-state index >= 15 is 0 Å².